The molecule has 12 heteroatoms. The summed E-state index contributed by atoms with van der Waals surface area (Å²) in [4.78, 5) is 36.9. The van der Waals surface area contributed by atoms with E-state index in [2.05, 4.69) is 20.3 Å². The van der Waals surface area contributed by atoms with Crippen LogP contribution in [0.15, 0.2) is 9.95 Å². The highest BCUT2D eigenvalue weighted by Gasteiger charge is 2.27. The monoisotopic (exact) mass is 473 g/mol. The molecular weight excluding hydrogens is 449 g/mol. The minimum Gasteiger partial charge on any atom is -0.477 e. The van der Waals surface area contributed by atoms with Gasteiger partial charge in [-0.25, -0.2) is 14.2 Å². The number of hydrogen-bond donors (Lipinski definition) is 2. The highest BCUT2D eigenvalue weighted by molar-refractivity contribution is 7.98. The van der Waals surface area contributed by atoms with Crippen molar-refractivity contribution < 1.29 is 18.7 Å². The molecule has 2 N–H and O–H groups in total. The van der Waals surface area contributed by atoms with E-state index in [9.17, 15) is 14.0 Å². The number of hydrogen-bond acceptors (Lipinski definition) is 8. The minimum absolute atomic E-state index is 0.0389. The van der Waals surface area contributed by atoms with E-state index in [1.54, 1.807) is 11.2 Å². The molecule has 1 atom stereocenters. The molecule has 3 rings (SSSR count). The fourth-order valence-corrected chi connectivity index (χ4v) is 3.66. The zero-order valence-corrected chi connectivity index (χ0v) is 19.3. The van der Waals surface area contributed by atoms with Crippen LogP contribution in [0.3, 0.4) is 0 Å². The predicted octanol–water partition coefficient (Wildman–Crippen LogP) is 2.81. The van der Waals surface area contributed by atoms with E-state index >= 15 is 0 Å². The highest BCUT2D eigenvalue weighted by atomic mass is 35.5. The zero-order valence-electron chi connectivity index (χ0n) is 17.8. The quantitative estimate of drug-likeness (QED) is 0.387. The van der Waals surface area contributed by atoms with Gasteiger partial charge in [0, 0.05) is 25.7 Å². The molecule has 1 saturated heterocycles. The molecule has 0 aromatic carbocycles. The highest BCUT2D eigenvalue weighted by Crippen LogP contribution is 2.27. The summed E-state index contributed by atoms with van der Waals surface area (Å²) in [6.45, 7) is 7.26. The summed E-state index contributed by atoms with van der Waals surface area (Å²) in [6.07, 6.45) is 1.87. The van der Waals surface area contributed by atoms with E-state index in [4.69, 9.17) is 21.1 Å². The van der Waals surface area contributed by atoms with Crippen LogP contribution in [0.25, 0.3) is 10.9 Å². The first-order chi connectivity index (χ1) is 14.6. The van der Waals surface area contributed by atoms with Gasteiger partial charge in [-0.15, -0.1) is 0 Å². The van der Waals surface area contributed by atoms with Crippen LogP contribution in [0, 0.1) is 5.82 Å². The minimum atomic E-state index is -0.868. The molecule has 0 unspecified atom stereocenters. The number of nitrogens with one attached hydrogen (secondary N) is 2. The number of H-pyrrole nitrogens is 1. The molecule has 1 aliphatic heterocycles. The van der Waals surface area contributed by atoms with E-state index < -0.39 is 22.1 Å². The molecule has 1 aliphatic rings. The molecule has 1 fully saturated rings. The van der Waals surface area contributed by atoms with E-state index in [1.165, 1.54) is 11.8 Å². The number of pyridine rings is 1. The van der Waals surface area contributed by atoms with Gasteiger partial charge in [0.25, 0.3) is 5.56 Å². The van der Waals surface area contributed by atoms with Crippen molar-refractivity contribution >= 4 is 40.4 Å². The van der Waals surface area contributed by atoms with E-state index in [0.29, 0.717) is 26.1 Å². The number of aromatic amines is 1. The first-order valence-electron chi connectivity index (χ1n) is 9.76. The van der Waals surface area contributed by atoms with Crippen LogP contribution in [0.4, 0.5) is 9.18 Å². The molecule has 2 aromatic rings. The molecule has 3 heterocycles. The van der Waals surface area contributed by atoms with Gasteiger partial charge in [0.05, 0.1) is 6.61 Å². The Morgan fingerprint density at radius 2 is 2.13 bits per heavy atom. The fraction of sp³-hybridized carbons (Fsp3) is 0.579. The number of ether oxygens (including phenoxy) is 2. The second kappa shape index (κ2) is 9.58. The molecule has 170 valence electrons. The number of halogens is 2. The molecular formula is C19H25ClFN5O4S. The lowest BCUT2D eigenvalue weighted by atomic mass is 10.1. The smallest absolute Gasteiger partial charge is 0.410 e. The predicted molar refractivity (Wildman–Crippen MR) is 117 cm³/mol. The Morgan fingerprint density at radius 3 is 2.81 bits per heavy atom. The van der Waals surface area contributed by atoms with Crippen molar-refractivity contribution in [3.8, 4) is 5.88 Å². The lowest BCUT2D eigenvalue weighted by Gasteiger charge is -2.34. The first-order valence-corrected chi connectivity index (χ1v) is 11.4. The number of rotatable bonds is 5. The van der Waals surface area contributed by atoms with Gasteiger partial charge in [-0.3, -0.25) is 4.79 Å². The van der Waals surface area contributed by atoms with Gasteiger partial charge in [-0.1, -0.05) is 23.4 Å². The van der Waals surface area contributed by atoms with Crippen LogP contribution in [-0.4, -0.2) is 70.1 Å². The fourth-order valence-electron chi connectivity index (χ4n) is 3.11. The van der Waals surface area contributed by atoms with Crippen LogP contribution in [-0.2, 0) is 4.74 Å². The maximum Gasteiger partial charge on any atom is 0.410 e. The van der Waals surface area contributed by atoms with Gasteiger partial charge in [-0.2, -0.15) is 4.98 Å². The summed E-state index contributed by atoms with van der Waals surface area (Å²) in [5.41, 5.74) is -1.30. The summed E-state index contributed by atoms with van der Waals surface area (Å²) in [7, 11) is 0. The van der Waals surface area contributed by atoms with Gasteiger partial charge >= 0.3 is 6.09 Å². The topological polar surface area (TPSA) is 109 Å². The summed E-state index contributed by atoms with van der Waals surface area (Å²) in [5.74, 6) is -0.949. The van der Waals surface area contributed by atoms with E-state index in [0.717, 1.165) is 0 Å². The molecule has 0 radical (unpaired) electrons. The number of carbonyl (C=O) groups excluding carboxylic acids is 1. The number of thioether (sulfide) groups is 1. The van der Waals surface area contributed by atoms with Crippen LogP contribution in [0.5, 0.6) is 5.88 Å². The summed E-state index contributed by atoms with van der Waals surface area (Å²) >= 11 is 7.05. The largest absolute Gasteiger partial charge is 0.477 e. The number of piperazine rings is 1. The van der Waals surface area contributed by atoms with Crippen molar-refractivity contribution in [2.75, 3.05) is 32.5 Å². The third-order valence-electron chi connectivity index (χ3n) is 4.51. The molecule has 31 heavy (non-hydrogen) atoms. The SMILES string of the molecule is CSc1nc2c(F)c(Cl)nc(OCC[C@H]3CN(C(=O)OC(C)(C)C)CCN3)c2c(=O)[nH]1. The van der Waals surface area contributed by atoms with E-state index in [-0.39, 0.29) is 40.7 Å². The third-order valence-corrected chi connectivity index (χ3v) is 5.34. The lowest BCUT2D eigenvalue weighted by molar-refractivity contribution is 0.0188. The van der Waals surface area contributed by atoms with Crippen molar-refractivity contribution in [1.82, 2.24) is 25.2 Å². The zero-order chi connectivity index (χ0) is 22.8. The maximum absolute atomic E-state index is 14.4. The molecule has 0 saturated carbocycles. The maximum atomic E-state index is 14.4. The molecule has 0 spiro atoms. The van der Waals surface area contributed by atoms with Crippen LogP contribution >= 0.6 is 23.4 Å². The van der Waals surface area contributed by atoms with Gasteiger partial charge in [-0.05, 0) is 33.4 Å². The lowest BCUT2D eigenvalue weighted by Crippen LogP contribution is -2.53. The summed E-state index contributed by atoms with van der Waals surface area (Å²) in [6, 6.07) is -0.0389. The Kier molecular flexibility index (Phi) is 7.28. The number of fused-ring (bicyclic) bond motifs is 1. The second-order valence-electron chi connectivity index (χ2n) is 8.04. The van der Waals surface area contributed by atoms with Gasteiger partial charge in [0.2, 0.25) is 5.88 Å². The van der Waals surface area contributed by atoms with Crippen molar-refractivity contribution in [3.63, 3.8) is 0 Å². The Hall–Kier alpha value is -2.11. The standard InChI is InChI=1S/C19H25ClFN5O4S/c1-19(2,3)30-18(28)26-7-6-22-10(9-26)5-8-29-16-11-13(12(21)14(20)24-16)23-17(31-4)25-15(11)27/h10,22H,5-9H2,1-4H3,(H,23,25,27)/t10-/m0/s1. The van der Waals surface area contributed by atoms with Crippen LogP contribution in [0.2, 0.25) is 5.15 Å². The van der Waals surface area contributed by atoms with Crippen molar-refractivity contribution in [2.24, 2.45) is 0 Å². The summed E-state index contributed by atoms with van der Waals surface area (Å²) in [5, 5.41) is 3.07. The van der Waals surface area contributed by atoms with Crippen molar-refractivity contribution in [1.29, 1.82) is 0 Å². The average molecular weight is 474 g/mol. The Bertz CT molecular complexity index is 1030. The number of aromatic nitrogens is 3. The van der Waals surface area contributed by atoms with Gasteiger partial charge < -0.3 is 24.7 Å². The number of nitrogens with zero attached hydrogens (tertiary/aromatic N) is 3. The van der Waals surface area contributed by atoms with Crippen molar-refractivity contribution in [3.05, 3.63) is 21.3 Å². The van der Waals surface area contributed by atoms with Crippen molar-refractivity contribution in [2.45, 2.75) is 44.0 Å². The van der Waals surface area contributed by atoms with Gasteiger partial charge in [0.1, 0.15) is 16.5 Å². The van der Waals surface area contributed by atoms with Gasteiger partial charge in [0.15, 0.2) is 16.1 Å². The Balaban J connectivity index is 1.69. The molecule has 1 amide bonds. The molecule has 0 bridgehead atoms. The van der Waals surface area contributed by atoms with Crippen LogP contribution < -0.4 is 15.6 Å². The normalized spacial score (nSPS) is 17.1. The van der Waals surface area contributed by atoms with E-state index in [1.807, 2.05) is 20.8 Å². The molecule has 0 aliphatic carbocycles. The number of carbonyl (C=O) groups is 1. The van der Waals surface area contributed by atoms with Crippen LogP contribution in [0.1, 0.15) is 27.2 Å². The second-order valence-corrected chi connectivity index (χ2v) is 9.19. The Morgan fingerprint density at radius 1 is 1.39 bits per heavy atom. The molecule has 2 aromatic heterocycles. The summed E-state index contributed by atoms with van der Waals surface area (Å²) < 4.78 is 25.5. The first kappa shape index (κ1) is 23.6. The Labute approximate surface area is 188 Å². The number of amides is 1. The average Bonchev–Trinajstić information content (AvgIpc) is 2.70. The third kappa shape index (κ3) is 5.78. The molecule has 9 nitrogen and oxygen atoms in total.